The Bertz CT molecular complexity index is 403. The van der Waals surface area contributed by atoms with Gasteiger partial charge in [0.05, 0.1) is 6.42 Å². The van der Waals surface area contributed by atoms with E-state index in [0.717, 1.165) is 32.4 Å². The van der Waals surface area contributed by atoms with E-state index in [1.165, 1.54) is 11.1 Å². The topological polar surface area (TPSA) is 3.24 Å². The van der Waals surface area contributed by atoms with Crippen LogP contribution in [0.5, 0.6) is 0 Å². The minimum Gasteiger partial charge on any atom is -0.303 e. The molecule has 1 heterocycles. The highest BCUT2D eigenvalue weighted by Gasteiger charge is 2.29. The van der Waals surface area contributed by atoms with Gasteiger partial charge in [0.25, 0.3) is 0 Å². The summed E-state index contributed by atoms with van der Waals surface area (Å²) < 4.78 is 36.6. The van der Waals surface area contributed by atoms with Crippen molar-refractivity contribution < 1.29 is 13.2 Å². The van der Waals surface area contributed by atoms with Crippen LogP contribution in [0.15, 0.2) is 24.3 Å². The summed E-state index contributed by atoms with van der Waals surface area (Å²) in [5.41, 5.74) is 2.66. The lowest BCUT2D eigenvalue weighted by Gasteiger charge is -2.32. The van der Waals surface area contributed by atoms with Crippen molar-refractivity contribution in [3.63, 3.8) is 0 Å². The van der Waals surface area contributed by atoms with Gasteiger partial charge >= 0.3 is 6.18 Å². The fourth-order valence-electron chi connectivity index (χ4n) is 2.80. The Morgan fingerprint density at radius 3 is 2.20 bits per heavy atom. The monoisotopic (exact) mass is 285 g/mol. The average Bonchev–Trinajstić information content (AvgIpc) is 2.45. The van der Waals surface area contributed by atoms with Crippen molar-refractivity contribution in [3.8, 4) is 0 Å². The number of hydrogen-bond acceptors (Lipinski definition) is 1. The zero-order valence-corrected chi connectivity index (χ0v) is 11.9. The van der Waals surface area contributed by atoms with Crippen LogP contribution in [0.3, 0.4) is 0 Å². The lowest BCUT2D eigenvalue weighted by molar-refractivity contribution is -0.138. The van der Waals surface area contributed by atoms with Crippen molar-refractivity contribution in [3.05, 3.63) is 35.4 Å². The van der Waals surface area contributed by atoms with Crippen molar-refractivity contribution in [2.45, 2.75) is 44.7 Å². The third-order valence-corrected chi connectivity index (χ3v) is 4.16. The number of piperidine rings is 1. The smallest absolute Gasteiger partial charge is 0.303 e. The van der Waals surface area contributed by atoms with E-state index in [0.29, 0.717) is 5.92 Å². The first kappa shape index (κ1) is 15.4. The SMILES string of the molecule is CCc1ccc(C2CCN(CCC(F)(F)F)CC2)cc1. The molecule has 2 rings (SSSR count). The van der Waals surface area contributed by atoms with Gasteiger partial charge in [0.2, 0.25) is 0 Å². The van der Waals surface area contributed by atoms with Gasteiger partial charge in [0.15, 0.2) is 0 Å². The van der Waals surface area contributed by atoms with Crippen LogP contribution in [-0.4, -0.2) is 30.7 Å². The minimum absolute atomic E-state index is 0.144. The van der Waals surface area contributed by atoms with Crippen molar-refractivity contribution in [2.75, 3.05) is 19.6 Å². The molecule has 0 aliphatic carbocycles. The molecule has 1 aromatic rings. The summed E-state index contributed by atoms with van der Waals surface area (Å²) in [4.78, 5) is 1.93. The number of alkyl halides is 3. The molecule has 1 aliphatic heterocycles. The van der Waals surface area contributed by atoms with Crippen LogP contribution in [0.25, 0.3) is 0 Å². The first-order valence-corrected chi connectivity index (χ1v) is 7.36. The highest BCUT2D eigenvalue weighted by Crippen LogP contribution is 2.29. The van der Waals surface area contributed by atoms with Gasteiger partial charge in [-0.1, -0.05) is 31.2 Å². The van der Waals surface area contributed by atoms with Crippen molar-refractivity contribution in [2.24, 2.45) is 0 Å². The van der Waals surface area contributed by atoms with E-state index in [4.69, 9.17) is 0 Å². The summed E-state index contributed by atoms with van der Waals surface area (Å²) in [5.74, 6) is 0.503. The van der Waals surface area contributed by atoms with Gasteiger partial charge in [-0.05, 0) is 49.4 Å². The maximum Gasteiger partial charge on any atom is 0.390 e. The van der Waals surface area contributed by atoms with E-state index >= 15 is 0 Å². The molecule has 20 heavy (non-hydrogen) atoms. The third kappa shape index (κ3) is 4.51. The Hall–Kier alpha value is -1.03. The van der Waals surface area contributed by atoms with Crippen LogP contribution in [0, 0.1) is 0 Å². The molecule has 0 radical (unpaired) electrons. The van der Waals surface area contributed by atoms with Gasteiger partial charge in [0.1, 0.15) is 0 Å². The first-order chi connectivity index (χ1) is 9.48. The molecule has 1 aliphatic rings. The summed E-state index contributed by atoms with van der Waals surface area (Å²) >= 11 is 0. The van der Waals surface area contributed by atoms with Crippen LogP contribution in [0.4, 0.5) is 13.2 Å². The molecule has 0 bridgehead atoms. The first-order valence-electron chi connectivity index (χ1n) is 7.36. The lowest BCUT2D eigenvalue weighted by atomic mass is 9.89. The molecule has 1 saturated heterocycles. The Morgan fingerprint density at radius 2 is 1.70 bits per heavy atom. The second kappa shape index (κ2) is 6.61. The Labute approximate surface area is 118 Å². The Morgan fingerprint density at radius 1 is 1.10 bits per heavy atom. The summed E-state index contributed by atoms with van der Waals surface area (Å²) in [5, 5.41) is 0. The van der Waals surface area contributed by atoms with Crippen LogP contribution in [0.2, 0.25) is 0 Å². The van der Waals surface area contributed by atoms with Gasteiger partial charge in [-0.25, -0.2) is 0 Å². The predicted molar refractivity (Wildman–Crippen MR) is 74.9 cm³/mol. The zero-order chi connectivity index (χ0) is 14.6. The molecule has 0 N–H and O–H groups in total. The van der Waals surface area contributed by atoms with Crippen LogP contribution in [0.1, 0.15) is 43.2 Å². The summed E-state index contributed by atoms with van der Waals surface area (Å²) in [6.07, 6.45) is -1.77. The fraction of sp³-hybridized carbons (Fsp3) is 0.625. The molecule has 1 fully saturated rings. The summed E-state index contributed by atoms with van der Waals surface area (Å²) in [6.45, 7) is 3.83. The van der Waals surface area contributed by atoms with Gasteiger partial charge in [0, 0.05) is 6.54 Å². The lowest BCUT2D eigenvalue weighted by Crippen LogP contribution is -2.35. The van der Waals surface area contributed by atoms with E-state index in [1.54, 1.807) is 0 Å². The molecule has 112 valence electrons. The largest absolute Gasteiger partial charge is 0.390 e. The minimum atomic E-state index is -4.03. The van der Waals surface area contributed by atoms with Crippen LogP contribution in [-0.2, 0) is 6.42 Å². The number of benzene rings is 1. The van der Waals surface area contributed by atoms with Crippen molar-refractivity contribution >= 4 is 0 Å². The molecule has 0 amide bonds. The Kier molecular flexibility index (Phi) is 5.08. The number of halogens is 3. The molecule has 0 saturated carbocycles. The van der Waals surface area contributed by atoms with E-state index in [9.17, 15) is 13.2 Å². The summed E-state index contributed by atoms with van der Waals surface area (Å²) in [6, 6.07) is 8.67. The number of hydrogen-bond donors (Lipinski definition) is 0. The third-order valence-electron chi connectivity index (χ3n) is 4.16. The maximum atomic E-state index is 12.2. The van der Waals surface area contributed by atoms with Crippen molar-refractivity contribution in [1.82, 2.24) is 4.90 Å². The second-order valence-corrected chi connectivity index (χ2v) is 5.58. The van der Waals surface area contributed by atoms with Gasteiger partial charge in [-0.3, -0.25) is 0 Å². The number of rotatable bonds is 4. The average molecular weight is 285 g/mol. The van der Waals surface area contributed by atoms with Crippen molar-refractivity contribution in [1.29, 1.82) is 0 Å². The molecule has 1 nitrogen and oxygen atoms in total. The van der Waals surface area contributed by atoms with Crippen LogP contribution < -0.4 is 0 Å². The highest BCUT2D eigenvalue weighted by molar-refractivity contribution is 5.25. The predicted octanol–water partition coefficient (Wildman–Crippen LogP) is 4.38. The maximum absolute atomic E-state index is 12.2. The van der Waals surface area contributed by atoms with Gasteiger partial charge in [-0.15, -0.1) is 0 Å². The molecular formula is C16H22F3N. The second-order valence-electron chi connectivity index (χ2n) is 5.58. The molecule has 0 spiro atoms. The number of nitrogens with zero attached hydrogens (tertiary/aromatic N) is 1. The zero-order valence-electron chi connectivity index (χ0n) is 11.9. The van der Waals surface area contributed by atoms with E-state index < -0.39 is 12.6 Å². The summed E-state index contributed by atoms with van der Waals surface area (Å²) in [7, 11) is 0. The Balaban J connectivity index is 1.81. The fourth-order valence-corrected chi connectivity index (χ4v) is 2.80. The standard InChI is InChI=1S/C16H22F3N/c1-2-13-3-5-14(6-4-13)15-7-10-20(11-8-15)12-9-16(17,18)19/h3-6,15H,2,7-12H2,1H3. The highest BCUT2D eigenvalue weighted by atomic mass is 19.4. The van der Waals surface area contributed by atoms with E-state index in [-0.39, 0.29) is 6.54 Å². The molecule has 0 unspecified atom stereocenters. The quantitative estimate of drug-likeness (QED) is 0.793. The van der Waals surface area contributed by atoms with Gasteiger partial charge in [-0.2, -0.15) is 13.2 Å². The van der Waals surface area contributed by atoms with E-state index in [1.807, 2.05) is 4.90 Å². The normalized spacial score (nSPS) is 18.4. The number of aryl methyl sites for hydroxylation is 1. The van der Waals surface area contributed by atoms with Crippen LogP contribution >= 0.6 is 0 Å². The van der Waals surface area contributed by atoms with E-state index in [2.05, 4.69) is 31.2 Å². The molecule has 0 atom stereocenters. The molecule has 4 heteroatoms. The van der Waals surface area contributed by atoms with Gasteiger partial charge < -0.3 is 4.90 Å². The molecule has 0 aromatic heterocycles. The molecular weight excluding hydrogens is 263 g/mol. The number of likely N-dealkylation sites (tertiary alicyclic amines) is 1. The molecule has 1 aromatic carbocycles.